The molecular formula is C27H15BrN4O. The number of aromatic nitrogens is 4. The zero-order chi connectivity index (χ0) is 21.9. The molecule has 0 saturated heterocycles. The molecule has 0 aliphatic carbocycles. The molecule has 3 heterocycles. The number of nitrogens with zero attached hydrogens (tertiary/aromatic N) is 4. The van der Waals surface area contributed by atoms with E-state index < -0.39 is 0 Å². The third-order valence-corrected chi connectivity index (χ3v) is 6.42. The molecule has 0 spiro atoms. The van der Waals surface area contributed by atoms with Gasteiger partial charge >= 0.3 is 0 Å². The van der Waals surface area contributed by atoms with Gasteiger partial charge in [0, 0.05) is 31.8 Å². The largest absolute Gasteiger partial charge is 0.456 e. The van der Waals surface area contributed by atoms with Gasteiger partial charge in [0.05, 0.1) is 11.2 Å². The van der Waals surface area contributed by atoms with Crippen LogP contribution < -0.4 is 0 Å². The Morgan fingerprint density at radius 3 is 2.42 bits per heavy atom. The Labute approximate surface area is 196 Å². The van der Waals surface area contributed by atoms with Crippen molar-refractivity contribution in [3.05, 3.63) is 95.5 Å². The first kappa shape index (κ1) is 18.5. The molecule has 0 atom stereocenters. The average Bonchev–Trinajstić information content (AvgIpc) is 3.45. The van der Waals surface area contributed by atoms with Crippen molar-refractivity contribution in [1.82, 2.24) is 19.6 Å². The third kappa shape index (κ3) is 2.81. The highest BCUT2D eigenvalue weighted by Gasteiger charge is 2.18. The van der Waals surface area contributed by atoms with E-state index in [1.54, 1.807) is 0 Å². The molecule has 5 nitrogen and oxygen atoms in total. The molecule has 6 heteroatoms. The lowest BCUT2D eigenvalue weighted by Gasteiger charge is -2.08. The molecule has 7 aromatic rings. The Hall–Kier alpha value is -4.03. The van der Waals surface area contributed by atoms with Crippen LogP contribution >= 0.6 is 15.9 Å². The first-order valence-electron chi connectivity index (χ1n) is 10.6. The second kappa shape index (κ2) is 6.98. The van der Waals surface area contributed by atoms with E-state index in [0.717, 1.165) is 54.1 Å². The van der Waals surface area contributed by atoms with Gasteiger partial charge in [-0.1, -0.05) is 76.6 Å². The number of benzene rings is 4. The molecular weight excluding hydrogens is 476 g/mol. The Morgan fingerprint density at radius 2 is 1.52 bits per heavy atom. The maximum atomic E-state index is 6.12. The predicted octanol–water partition coefficient (Wildman–Crippen LogP) is 7.27. The van der Waals surface area contributed by atoms with Crippen molar-refractivity contribution in [2.24, 2.45) is 0 Å². The first-order chi connectivity index (χ1) is 16.3. The van der Waals surface area contributed by atoms with Gasteiger partial charge in [0.15, 0.2) is 5.82 Å². The van der Waals surface area contributed by atoms with Crippen LogP contribution in [-0.2, 0) is 0 Å². The molecule has 0 saturated carbocycles. The van der Waals surface area contributed by atoms with Gasteiger partial charge in [-0.05, 0) is 30.3 Å². The molecule has 7 rings (SSSR count). The number of hydrogen-bond acceptors (Lipinski definition) is 4. The molecule has 0 aliphatic heterocycles. The summed E-state index contributed by atoms with van der Waals surface area (Å²) in [5.74, 6) is 1.20. The van der Waals surface area contributed by atoms with Crippen LogP contribution in [0.3, 0.4) is 0 Å². The molecule has 0 N–H and O–H groups in total. The lowest BCUT2D eigenvalue weighted by Crippen LogP contribution is -1.97. The first-order valence-corrected chi connectivity index (χ1v) is 11.4. The lowest BCUT2D eigenvalue weighted by molar-refractivity contribution is 0.669. The highest BCUT2D eigenvalue weighted by Crippen LogP contribution is 2.38. The Bertz CT molecular complexity index is 1850. The summed E-state index contributed by atoms with van der Waals surface area (Å²) in [6.07, 6.45) is 0. The van der Waals surface area contributed by atoms with E-state index in [-0.39, 0.29) is 0 Å². The highest BCUT2D eigenvalue weighted by atomic mass is 79.9. The lowest BCUT2D eigenvalue weighted by atomic mass is 10.0. The Morgan fingerprint density at radius 1 is 0.727 bits per heavy atom. The van der Waals surface area contributed by atoms with Gasteiger partial charge in [0.25, 0.3) is 5.78 Å². The average molecular weight is 491 g/mol. The summed E-state index contributed by atoms with van der Waals surface area (Å²) in [5, 5.41) is 7.93. The van der Waals surface area contributed by atoms with Gasteiger partial charge in [0.2, 0.25) is 0 Å². The summed E-state index contributed by atoms with van der Waals surface area (Å²) in [5.41, 5.74) is 5.48. The van der Waals surface area contributed by atoms with Gasteiger partial charge < -0.3 is 4.42 Å². The van der Waals surface area contributed by atoms with E-state index >= 15 is 0 Å². The summed E-state index contributed by atoms with van der Waals surface area (Å²) in [7, 11) is 0. The molecule has 0 unspecified atom stereocenters. The van der Waals surface area contributed by atoms with Gasteiger partial charge in [-0.2, -0.15) is 9.50 Å². The predicted molar refractivity (Wildman–Crippen MR) is 134 cm³/mol. The van der Waals surface area contributed by atoms with Gasteiger partial charge in [-0.15, -0.1) is 5.10 Å². The monoisotopic (exact) mass is 490 g/mol. The van der Waals surface area contributed by atoms with E-state index in [1.165, 1.54) is 0 Å². The van der Waals surface area contributed by atoms with Crippen LogP contribution in [0, 0.1) is 0 Å². The minimum absolute atomic E-state index is 0.559. The zero-order valence-electron chi connectivity index (χ0n) is 17.2. The summed E-state index contributed by atoms with van der Waals surface area (Å²) >= 11 is 3.54. The second-order valence-corrected chi connectivity index (χ2v) is 8.83. The van der Waals surface area contributed by atoms with Crippen LogP contribution in [0.25, 0.3) is 61.3 Å². The minimum Gasteiger partial charge on any atom is -0.456 e. The number of halogens is 1. The van der Waals surface area contributed by atoms with Crippen LogP contribution in [0.5, 0.6) is 0 Å². The fourth-order valence-electron chi connectivity index (χ4n) is 4.48. The number of fused-ring (bicyclic) bond motifs is 6. The van der Waals surface area contributed by atoms with Crippen molar-refractivity contribution >= 4 is 54.5 Å². The summed E-state index contributed by atoms with van der Waals surface area (Å²) in [4.78, 5) is 9.80. The Kier molecular flexibility index (Phi) is 3.92. The van der Waals surface area contributed by atoms with Gasteiger partial charge in [-0.3, -0.25) is 0 Å². The molecule has 0 fully saturated rings. The smallest absolute Gasteiger partial charge is 0.253 e. The molecule has 0 radical (unpaired) electrons. The topological polar surface area (TPSA) is 56.2 Å². The van der Waals surface area contributed by atoms with Crippen molar-refractivity contribution < 1.29 is 4.42 Å². The van der Waals surface area contributed by atoms with Crippen molar-refractivity contribution in [2.45, 2.75) is 0 Å². The summed E-state index contributed by atoms with van der Waals surface area (Å²) in [6, 6.07) is 30.4. The fraction of sp³-hybridized carbons (Fsp3) is 0. The van der Waals surface area contributed by atoms with E-state index in [4.69, 9.17) is 19.5 Å². The Balaban J connectivity index is 1.57. The number of para-hydroxylation sites is 2. The second-order valence-electron chi connectivity index (χ2n) is 7.91. The van der Waals surface area contributed by atoms with E-state index in [2.05, 4.69) is 40.2 Å². The van der Waals surface area contributed by atoms with E-state index in [9.17, 15) is 0 Å². The van der Waals surface area contributed by atoms with Crippen molar-refractivity contribution in [3.8, 4) is 22.6 Å². The third-order valence-electron chi connectivity index (χ3n) is 5.93. The van der Waals surface area contributed by atoms with Crippen LogP contribution in [-0.4, -0.2) is 19.6 Å². The van der Waals surface area contributed by atoms with Crippen LogP contribution in [0.4, 0.5) is 0 Å². The molecule has 156 valence electrons. The maximum absolute atomic E-state index is 6.12. The fourth-order valence-corrected chi connectivity index (χ4v) is 4.88. The van der Waals surface area contributed by atoms with E-state index in [1.807, 2.05) is 71.2 Å². The summed E-state index contributed by atoms with van der Waals surface area (Å²) < 4.78 is 8.93. The van der Waals surface area contributed by atoms with Crippen LogP contribution in [0.1, 0.15) is 0 Å². The van der Waals surface area contributed by atoms with Gasteiger partial charge in [0.1, 0.15) is 11.2 Å². The van der Waals surface area contributed by atoms with Gasteiger partial charge in [-0.25, -0.2) is 4.98 Å². The molecule has 4 aromatic carbocycles. The number of furan rings is 1. The quantitative estimate of drug-likeness (QED) is 0.255. The molecule has 0 amide bonds. The molecule has 3 aromatic heterocycles. The number of hydrogen-bond donors (Lipinski definition) is 0. The molecule has 0 bridgehead atoms. The molecule has 33 heavy (non-hydrogen) atoms. The number of rotatable bonds is 2. The summed E-state index contributed by atoms with van der Waals surface area (Å²) in [6.45, 7) is 0. The van der Waals surface area contributed by atoms with Crippen molar-refractivity contribution in [3.63, 3.8) is 0 Å². The minimum atomic E-state index is 0.559. The zero-order valence-corrected chi connectivity index (χ0v) is 18.8. The van der Waals surface area contributed by atoms with E-state index in [0.29, 0.717) is 11.6 Å². The van der Waals surface area contributed by atoms with Crippen molar-refractivity contribution in [1.29, 1.82) is 0 Å². The van der Waals surface area contributed by atoms with Crippen LogP contribution in [0.2, 0.25) is 0 Å². The van der Waals surface area contributed by atoms with Crippen LogP contribution in [0.15, 0.2) is 99.9 Å². The maximum Gasteiger partial charge on any atom is 0.253 e. The SMILES string of the molecule is Brc1cccc(-c2nc3nc(-c4cccc5oc6ccccc6c45)c4ccccc4n3n2)c1. The highest BCUT2D eigenvalue weighted by molar-refractivity contribution is 9.10. The molecule has 0 aliphatic rings. The normalized spacial score (nSPS) is 11.8. The van der Waals surface area contributed by atoms with Crippen molar-refractivity contribution in [2.75, 3.05) is 0 Å². The standard InChI is InChI=1S/C27H15BrN4O/c28-17-8-5-7-16(15-17)26-30-27-29-25(18-9-1-3-12-21(18)32(27)31-26)20-11-6-14-23-24(20)19-10-2-4-13-22(19)33-23/h1-15H.